The first-order valence-corrected chi connectivity index (χ1v) is 22.0. The lowest BCUT2D eigenvalue weighted by molar-refractivity contribution is 0.398. The smallest absolute Gasteiger partial charge is 0.161 e. The lowest BCUT2D eigenvalue weighted by Gasteiger charge is -2.19. The average Bonchev–Trinajstić information content (AvgIpc) is 3.94. The normalized spacial score (nSPS) is 13.1. The molecule has 0 bridgehead atoms. The number of aromatic nitrogens is 2. The minimum absolute atomic E-state index is 0.0483. The van der Waals surface area contributed by atoms with Crippen LogP contribution in [-0.2, 0) is 10.8 Å². The van der Waals surface area contributed by atoms with E-state index in [1.165, 1.54) is 87.4 Å². The van der Waals surface area contributed by atoms with Crippen molar-refractivity contribution in [2.24, 2.45) is 0 Å². The number of benzene rings is 7. The Balaban J connectivity index is 1.31. The van der Waals surface area contributed by atoms with Gasteiger partial charge in [0.2, 0.25) is 0 Å². The summed E-state index contributed by atoms with van der Waals surface area (Å²) in [5, 5.41) is 42.9. The highest BCUT2D eigenvalue weighted by atomic mass is 16.3. The predicted molar refractivity (Wildman–Crippen MR) is 262 cm³/mol. The molecule has 310 valence electrons. The molecule has 0 saturated carbocycles. The summed E-state index contributed by atoms with van der Waals surface area (Å²) in [6, 6.07) is 28.2. The lowest BCUT2D eigenvalue weighted by atomic mass is 9.85. The summed E-state index contributed by atoms with van der Waals surface area (Å²) >= 11 is 0. The maximum Gasteiger partial charge on any atom is 0.161 e. The zero-order valence-corrected chi connectivity index (χ0v) is 38.2. The molecule has 0 saturated heterocycles. The standard InChI is InChI=1S/C57H54N2O3/c1-26-27(2)49(31(6)53(60)29(26)4)33-14-16-37-41-20-35(56(8,9)10)22-43-39-25-48-40(24-47(39)58(51(41)43)45(37)18-33)44-23-36(57(11,12)13)21-42-38-17-15-34(19-46(38)59(48)52(42)44)50-28(3)30(5)54(61)55(62)32(50)7/h14-25,60-62H,1-13H3. The van der Waals surface area contributed by atoms with Crippen molar-refractivity contribution in [3.63, 3.8) is 0 Å². The van der Waals surface area contributed by atoms with E-state index in [4.69, 9.17) is 0 Å². The van der Waals surface area contributed by atoms with Crippen molar-refractivity contribution in [3.05, 3.63) is 123 Å². The number of hydrogen-bond donors (Lipinski definition) is 3. The molecule has 0 amide bonds. The van der Waals surface area contributed by atoms with Gasteiger partial charge < -0.3 is 24.1 Å². The highest BCUT2D eigenvalue weighted by molar-refractivity contribution is 6.29. The number of fused-ring (bicyclic) bond motifs is 12. The Kier molecular flexibility index (Phi) is 7.52. The largest absolute Gasteiger partial charge is 0.507 e. The monoisotopic (exact) mass is 814 g/mol. The van der Waals surface area contributed by atoms with Gasteiger partial charge in [-0.2, -0.15) is 0 Å². The van der Waals surface area contributed by atoms with Crippen LogP contribution in [0.4, 0.5) is 0 Å². The van der Waals surface area contributed by atoms with E-state index in [0.717, 1.165) is 50.0 Å². The van der Waals surface area contributed by atoms with Gasteiger partial charge in [0, 0.05) is 48.7 Å². The van der Waals surface area contributed by atoms with Crippen molar-refractivity contribution in [1.82, 2.24) is 8.80 Å². The van der Waals surface area contributed by atoms with Gasteiger partial charge in [-0.15, -0.1) is 0 Å². The van der Waals surface area contributed by atoms with Crippen LogP contribution in [0.1, 0.15) is 91.6 Å². The molecule has 5 nitrogen and oxygen atoms in total. The first-order valence-electron chi connectivity index (χ1n) is 22.0. The highest BCUT2D eigenvalue weighted by Gasteiger charge is 2.28. The molecule has 0 radical (unpaired) electrons. The minimum atomic E-state index is -0.0777. The molecule has 0 aliphatic carbocycles. The quantitative estimate of drug-likeness (QED) is 0.152. The van der Waals surface area contributed by atoms with Crippen LogP contribution in [-0.4, -0.2) is 24.1 Å². The Morgan fingerprint density at radius 3 is 1.10 bits per heavy atom. The molecule has 7 aromatic carbocycles. The second kappa shape index (κ2) is 12.1. The summed E-state index contributed by atoms with van der Waals surface area (Å²) in [6.07, 6.45) is 0. The molecule has 5 heteroatoms. The number of phenolic OH excluding ortho intramolecular Hbond substituents is 3. The van der Waals surface area contributed by atoms with Gasteiger partial charge in [0.25, 0.3) is 0 Å². The van der Waals surface area contributed by atoms with E-state index in [-0.39, 0.29) is 22.3 Å². The number of phenols is 3. The number of rotatable bonds is 2. The van der Waals surface area contributed by atoms with E-state index < -0.39 is 0 Å². The fourth-order valence-corrected chi connectivity index (χ4v) is 11.1. The van der Waals surface area contributed by atoms with Crippen LogP contribution < -0.4 is 0 Å². The van der Waals surface area contributed by atoms with Crippen LogP contribution in [0.25, 0.3) is 98.4 Å². The van der Waals surface area contributed by atoms with Gasteiger partial charge in [-0.25, -0.2) is 0 Å². The Morgan fingerprint density at radius 2 is 0.677 bits per heavy atom. The molecule has 0 fully saturated rings. The van der Waals surface area contributed by atoms with E-state index in [1.54, 1.807) is 0 Å². The van der Waals surface area contributed by atoms with Crippen LogP contribution in [0.2, 0.25) is 0 Å². The van der Waals surface area contributed by atoms with Gasteiger partial charge in [-0.1, -0.05) is 65.8 Å². The molecular weight excluding hydrogens is 761 g/mol. The Labute approximate surface area is 362 Å². The van der Waals surface area contributed by atoms with Crippen molar-refractivity contribution in [2.45, 2.75) is 101 Å². The van der Waals surface area contributed by atoms with Crippen LogP contribution in [0, 0.1) is 48.5 Å². The molecule has 3 N–H and O–H groups in total. The fourth-order valence-electron chi connectivity index (χ4n) is 11.1. The van der Waals surface area contributed by atoms with Gasteiger partial charge >= 0.3 is 0 Å². The Bertz CT molecular complexity index is 3490. The predicted octanol–water partition coefficient (Wildman–Crippen LogP) is 15.2. The van der Waals surface area contributed by atoms with E-state index in [9.17, 15) is 15.3 Å². The van der Waals surface area contributed by atoms with Crippen molar-refractivity contribution in [1.29, 1.82) is 0 Å². The third-order valence-electron chi connectivity index (χ3n) is 15.0. The summed E-state index contributed by atoms with van der Waals surface area (Å²) < 4.78 is 4.99. The number of nitrogens with zero attached hydrogens (tertiary/aromatic N) is 2. The second-order valence-electron chi connectivity index (χ2n) is 20.5. The van der Waals surface area contributed by atoms with Gasteiger partial charge in [0.05, 0.1) is 33.1 Å². The maximum atomic E-state index is 11.3. The minimum Gasteiger partial charge on any atom is -0.507 e. The second-order valence-corrected chi connectivity index (χ2v) is 20.5. The molecule has 0 spiro atoms. The summed E-state index contributed by atoms with van der Waals surface area (Å²) in [4.78, 5) is 0. The first-order chi connectivity index (χ1) is 29.2. The van der Waals surface area contributed by atoms with Gasteiger partial charge in [-0.05, 0) is 175 Å². The Hall–Kier alpha value is -6.46. The van der Waals surface area contributed by atoms with Gasteiger partial charge in [0.15, 0.2) is 11.5 Å². The number of aromatic hydroxyl groups is 3. The van der Waals surface area contributed by atoms with E-state index >= 15 is 0 Å². The van der Waals surface area contributed by atoms with Crippen molar-refractivity contribution in [2.75, 3.05) is 0 Å². The molecule has 11 rings (SSSR count). The Morgan fingerprint density at radius 1 is 0.339 bits per heavy atom. The van der Waals surface area contributed by atoms with Crippen LogP contribution >= 0.6 is 0 Å². The SMILES string of the molecule is Cc1c(C)c(O)c(C)c(-c2ccc3c4cc(C(C)(C)C)cc5c6cc7c(cc6n(c3c2)c45)c2cc(C(C)(C)C)cc3c4ccc(-c5c(C)c(C)c(O)c(O)c5C)cc4n7c32)c1C. The molecule has 62 heavy (non-hydrogen) atoms. The molecule has 0 aliphatic heterocycles. The summed E-state index contributed by atoms with van der Waals surface area (Å²) in [7, 11) is 0. The summed E-state index contributed by atoms with van der Waals surface area (Å²) in [6.45, 7) is 27.9. The van der Waals surface area contributed by atoms with Crippen LogP contribution in [0.3, 0.4) is 0 Å². The van der Waals surface area contributed by atoms with E-state index in [1.807, 2.05) is 34.6 Å². The van der Waals surface area contributed by atoms with Crippen LogP contribution in [0.5, 0.6) is 17.2 Å². The third-order valence-corrected chi connectivity index (χ3v) is 15.0. The van der Waals surface area contributed by atoms with E-state index in [0.29, 0.717) is 16.9 Å². The van der Waals surface area contributed by atoms with Gasteiger partial charge in [0.1, 0.15) is 5.75 Å². The van der Waals surface area contributed by atoms with E-state index in [2.05, 4.69) is 137 Å². The first kappa shape index (κ1) is 38.5. The van der Waals surface area contributed by atoms with Crippen molar-refractivity contribution in [3.8, 4) is 39.5 Å². The lowest BCUT2D eigenvalue weighted by Crippen LogP contribution is -2.10. The topological polar surface area (TPSA) is 69.5 Å². The molecule has 11 aromatic rings. The zero-order valence-electron chi connectivity index (χ0n) is 38.2. The summed E-state index contributed by atoms with van der Waals surface area (Å²) in [5.41, 5.74) is 20.2. The maximum absolute atomic E-state index is 11.3. The molecular formula is C57H54N2O3. The van der Waals surface area contributed by atoms with Crippen molar-refractivity contribution >= 4 is 76.2 Å². The molecule has 0 aliphatic rings. The third kappa shape index (κ3) is 4.80. The van der Waals surface area contributed by atoms with Gasteiger partial charge in [-0.3, -0.25) is 0 Å². The number of hydrogen-bond acceptors (Lipinski definition) is 3. The molecule has 4 heterocycles. The zero-order chi connectivity index (χ0) is 44.0. The summed E-state index contributed by atoms with van der Waals surface area (Å²) in [5.74, 6) is 0.267. The molecule has 4 aromatic heterocycles. The van der Waals surface area contributed by atoms with Crippen molar-refractivity contribution < 1.29 is 15.3 Å². The molecule has 0 atom stereocenters. The van der Waals surface area contributed by atoms with Crippen LogP contribution in [0.15, 0.2) is 72.8 Å². The average molecular weight is 815 g/mol. The fraction of sp³-hybridized carbons (Fsp3) is 0.263. The highest BCUT2D eigenvalue weighted by Crippen LogP contribution is 2.49. The molecule has 0 unspecified atom stereocenters.